The van der Waals surface area contributed by atoms with Crippen molar-refractivity contribution < 1.29 is 14.3 Å². The molecule has 7 nitrogen and oxygen atoms in total. The molecule has 2 aliphatic rings. The summed E-state index contributed by atoms with van der Waals surface area (Å²) in [6.07, 6.45) is 5.33. The molecular formula is C24H30N4O3. The summed E-state index contributed by atoms with van der Waals surface area (Å²) in [7, 11) is 0. The number of urea groups is 1. The molecule has 7 heteroatoms. The summed E-state index contributed by atoms with van der Waals surface area (Å²) in [5.74, 6) is 1.38. The number of anilines is 1. The maximum Gasteiger partial charge on any atom is 0.321 e. The molecule has 3 heterocycles. The molecule has 1 N–H and O–H groups in total. The van der Waals surface area contributed by atoms with E-state index in [1.54, 1.807) is 11.1 Å². The van der Waals surface area contributed by atoms with Crippen LogP contribution in [0.3, 0.4) is 0 Å². The lowest BCUT2D eigenvalue weighted by molar-refractivity contribution is -0.134. The number of aromatic nitrogens is 1. The summed E-state index contributed by atoms with van der Waals surface area (Å²) in [6.45, 7) is 6.79. The van der Waals surface area contributed by atoms with Gasteiger partial charge in [0, 0.05) is 56.0 Å². The number of ether oxygens (including phenoxy) is 1. The van der Waals surface area contributed by atoms with E-state index in [4.69, 9.17) is 4.74 Å². The number of benzene rings is 1. The van der Waals surface area contributed by atoms with Crippen LogP contribution < -0.4 is 10.1 Å². The molecule has 0 saturated carbocycles. The van der Waals surface area contributed by atoms with Gasteiger partial charge in [-0.05, 0) is 42.3 Å². The number of nitrogens with zero attached hydrogens (tertiary/aromatic N) is 3. The standard InChI is InChI=1S/C24H30N4O3/c1-3-17(2)23(29)27-12-10-22(16-27)31-21-8-6-20(7-9-21)26-24(30)28-14-19(15-28)18-5-4-11-25-13-18/h4-9,11,13,17,19,22H,3,10,12,14-16H2,1-2H3,(H,26,30)/t17-,22?/m0/s1. The lowest BCUT2D eigenvalue weighted by Crippen LogP contribution is -2.50. The van der Waals surface area contributed by atoms with Gasteiger partial charge in [-0.2, -0.15) is 0 Å². The second-order valence-electron chi connectivity index (χ2n) is 8.46. The van der Waals surface area contributed by atoms with Gasteiger partial charge in [0.25, 0.3) is 0 Å². The minimum absolute atomic E-state index is 0.0129. The quantitative estimate of drug-likeness (QED) is 0.770. The molecule has 164 valence electrons. The van der Waals surface area contributed by atoms with Gasteiger partial charge in [-0.15, -0.1) is 0 Å². The van der Waals surface area contributed by atoms with Gasteiger partial charge in [0.05, 0.1) is 6.54 Å². The van der Waals surface area contributed by atoms with Crippen molar-refractivity contribution in [3.63, 3.8) is 0 Å². The fourth-order valence-corrected chi connectivity index (χ4v) is 4.00. The van der Waals surface area contributed by atoms with E-state index in [9.17, 15) is 9.59 Å². The van der Waals surface area contributed by atoms with Gasteiger partial charge in [-0.1, -0.05) is 19.9 Å². The Morgan fingerprint density at radius 2 is 1.94 bits per heavy atom. The van der Waals surface area contributed by atoms with Crippen LogP contribution in [0.5, 0.6) is 5.75 Å². The van der Waals surface area contributed by atoms with E-state index in [-0.39, 0.29) is 24.0 Å². The van der Waals surface area contributed by atoms with E-state index < -0.39 is 0 Å². The third-order valence-electron chi connectivity index (χ3n) is 6.22. The Morgan fingerprint density at radius 3 is 2.61 bits per heavy atom. The molecule has 1 aromatic carbocycles. The second kappa shape index (κ2) is 9.37. The van der Waals surface area contributed by atoms with Gasteiger partial charge in [-0.3, -0.25) is 9.78 Å². The average molecular weight is 423 g/mol. The lowest BCUT2D eigenvalue weighted by atomic mass is 9.93. The second-order valence-corrected chi connectivity index (χ2v) is 8.46. The Kier molecular flexibility index (Phi) is 6.39. The first kappa shape index (κ1) is 21.2. The Morgan fingerprint density at radius 1 is 1.16 bits per heavy atom. The van der Waals surface area contributed by atoms with E-state index in [0.29, 0.717) is 25.6 Å². The maximum atomic E-state index is 12.4. The molecule has 31 heavy (non-hydrogen) atoms. The Balaban J connectivity index is 1.23. The number of hydrogen-bond donors (Lipinski definition) is 1. The number of carbonyl (C=O) groups excluding carboxylic acids is 2. The van der Waals surface area contributed by atoms with E-state index in [2.05, 4.69) is 16.4 Å². The molecule has 3 amide bonds. The molecule has 2 saturated heterocycles. The number of pyridine rings is 1. The predicted molar refractivity (Wildman–Crippen MR) is 119 cm³/mol. The first-order valence-corrected chi connectivity index (χ1v) is 11.0. The van der Waals surface area contributed by atoms with Crippen molar-refractivity contribution in [2.24, 2.45) is 5.92 Å². The molecule has 2 aliphatic heterocycles. The fraction of sp³-hybridized carbons (Fsp3) is 0.458. The van der Waals surface area contributed by atoms with Crippen LogP contribution in [-0.4, -0.2) is 59.0 Å². The summed E-state index contributed by atoms with van der Waals surface area (Å²) in [5, 5.41) is 2.94. The van der Waals surface area contributed by atoms with Crippen molar-refractivity contribution in [3.8, 4) is 5.75 Å². The molecule has 0 spiro atoms. The summed E-state index contributed by atoms with van der Waals surface area (Å²) >= 11 is 0. The summed E-state index contributed by atoms with van der Waals surface area (Å²) in [6, 6.07) is 11.3. The van der Waals surface area contributed by atoms with Crippen molar-refractivity contribution in [3.05, 3.63) is 54.4 Å². The van der Waals surface area contributed by atoms with Crippen molar-refractivity contribution in [1.82, 2.24) is 14.8 Å². The van der Waals surface area contributed by atoms with Crippen molar-refractivity contribution >= 4 is 17.6 Å². The zero-order valence-corrected chi connectivity index (χ0v) is 18.2. The van der Waals surface area contributed by atoms with Gasteiger partial charge in [0.15, 0.2) is 0 Å². The molecule has 0 aliphatic carbocycles. The lowest BCUT2D eigenvalue weighted by Gasteiger charge is -2.39. The Hall–Kier alpha value is -3.09. The Bertz CT molecular complexity index is 897. The number of nitrogens with one attached hydrogen (secondary N) is 1. The number of hydrogen-bond acceptors (Lipinski definition) is 4. The van der Waals surface area contributed by atoms with Crippen LogP contribution in [0.2, 0.25) is 0 Å². The van der Waals surface area contributed by atoms with Crippen molar-refractivity contribution in [2.45, 2.75) is 38.7 Å². The minimum atomic E-state index is -0.0937. The van der Waals surface area contributed by atoms with E-state index in [1.807, 2.05) is 55.3 Å². The molecular weight excluding hydrogens is 392 g/mol. The summed E-state index contributed by atoms with van der Waals surface area (Å²) < 4.78 is 6.05. The highest BCUT2D eigenvalue weighted by Gasteiger charge is 2.32. The summed E-state index contributed by atoms with van der Waals surface area (Å²) in [4.78, 5) is 32.6. The zero-order valence-electron chi connectivity index (χ0n) is 18.2. The molecule has 2 atom stereocenters. The first-order valence-electron chi connectivity index (χ1n) is 11.0. The van der Waals surface area contributed by atoms with Gasteiger partial charge >= 0.3 is 6.03 Å². The first-order chi connectivity index (χ1) is 15.0. The molecule has 1 unspecified atom stereocenters. The molecule has 0 bridgehead atoms. The third-order valence-corrected chi connectivity index (χ3v) is 6.22. The molecule has 4 rings (SSSR count). The topological polar surface area (TPSA) is 74.8 Å². The normalized spacial score (nSPS) is 19.6. The van der Waals surface area contributed by atoms with Gasteiger partial charge in [0.1, 0.15) is 11.9 Å². The van der Waals surface area contributed by atoms with Crippen LogP contribution in [0, 0.1) is 5.92 Å². The fourth-order valence-electron chi connectivity index (χ4n) is 4.00. The van der Waals surface area contributed by atoms with E-state index >= 15 is 0 Å². The van der Waals surface area contributed by atoms with Gasteiger partial charge in [-0.25, -0.2) is 4.79 Å². The van der Waals surface area contributed by atoms with Crippen molar-refractivity contribution in [1.29, 1.82) is 0 Å². The monoisotopic (exact) mass is 422 g/mol. The average Bonchev–Trinajstić information content (AvgIpc) is 3.22. The van der Waals surface area contributed by atoms with Crippen LogP contribution >= 0.6 is 0 Å². The molecule has 1 aromatic heterocycles. The van der Waals surface area contributed by atoms with Crippen LogP contribution in [0.15, 0.2) is 48.8 Å². The van der Waals surface area contributed by atoms with Crippen molar-refractivity contribution in [2.75, 3.05) is 31.5 Å². The zero-order chi connectivity index (χ0) is 21.8. The molecule has 2 aromatic rings. The number of rotatable bonds is 6. The predicted octanol–water partition coefficient (Wildman–Crippen LogP) is 3.74. The largest absolute Gasteiger partial charge is 0.489 e. The van der Waals surface area contributed by atoms with Gasteiger partial charge in [0.2, 0.25) is 5.91 Å². The smallest absolute Gasteiger partial charge is 0.321 e. The van der Waals surface area contributed by atoms with Crippen LogP contribution in [-0.2, 0) is 4.79 Å². The van der Waals surface area contributed by atoms with Crippen LogP contribution in [0.1, 0.15) is 38.2 Å². The number of carbonyl (C=O) groups is 2. The molecule has 0 radical (unpaired) electrons. The number of likely N-dealkylation sites (tertiary alicyclic amines) is 2. The van der Waals surface area contributed by atoms with E-state index in [1.165, 1.54) is 5.56 Å². The highest BCUT2D eigenvalue weighted by Crippen LogP contribution is 2.27. The molecule has 2 fully saturated rings. The van der Waals surface area contributed by atoms with Crippen LogP contribution in [0.25, 0.3) is 0 Å². The number of amides is 3. The highest BCUT2D eigenvalue weighted by molar-refractivity contribution is 5.90. The van der Waals surface area contributed by atoms with Crippen LogP contribution in [0.4, 0.5) is 10.5 Å². The Labute approximate surface area is 183 Å². The minimum Gasteiger partial charge on any atom is -0.489 e. The third kappa shape index (κ3) is 4.98. The summed E-state index contributed by atoms with van der Waals surface area (Å²) in [5.41, 5.74) is 1.91. The highest BCUT2D eigenvalue weighted by atomic mass is 16.5. The van der Waals surface area contributed by atoms with E-state index in [0.717, 1.165) is 30.8 Å². The van der Waals surface area contributed by atoms with Gasteiger partial charge < -0.3 is 19.9 Å². The SMILES string of the molecule is CC[C@H](C)C(=O)N1CCC(Oc2ccc(NC(=O)N3CC(c4cccnc4)C3)cc2)C1. The maximum absolute atomic E-state index is 12.4.